The van der Waals surface area contributed by atoms with Gasteiger partial charge in [-0.1, -0.05) is 54.1 Å². The molecule has 0 radical (unpaired) electrons. The second kappa shape index (κ2) is 5.31. The zero-order chi connectivity index (χ0) is 14.2. The number of piperidine rings is 1. The van der Waals surface area contributed by atoms with Crippen LogP contribution in [0.3, 0.4) is 0 Å². The highest BCUT2D eigenvalue weighted by Crippen LogP contribution is 2.51. The lowest BCUT2D eigenvalue weighted by Crippen LogP contribution is -2.14. The molecule has 2 aliphatic rings. The summed E-state index contributed by atoms with van der Waals surface area (Å²) in [6.07, 6.45) is 2.62. The maximum Gasteiger partial charge on any atom is -0.00144 e. The topological polar surface area (TPSA) is 12.0 Å². The van der Waals surface area contributed by atoms with Gasteiger partial charge in [0.1, 0.15) is 0 Å². The Labute approximate surface area is 127 Å². The van der Waals surface area contributed by atoms with Crippen molar-refractivity contribution in [3.05, 3.63) is 59.7 Å². The monoisotopic (exact) mass is 277 g/mol. The molecular weight excluding hydrogens is 254 g/mol. The molecule has 1 aliphatic carbocycles. The second-order valence-electron chi connectivity index (χ2n) is 6.75. The van der Waals surface area contributed by atoms with Crippen LogP contribution in [0, 0.1) is 24.7 Å². The summed E-state index contributed by atoms with van der Waals surface area (Å²) in [4.78, 5) is 0. The van der Waals surface area contributed by atoms with Crippen LogP contribution in [0.2, 0.25) is 0 Å². The van der Waals surface area contributed by atoms with E-state index in [0.29, 0.717) is 0 Å². The van der Waals surface area contributed by atoms with Crippen LogP contribution in [-0.4, -0.2) is 13.1 Å². The van der Waals surface area contributed by atoms with Crippen molar-refractivity contribution < 1.29 is 0 Å². The molecule has 1 saturated carbocycles. The summed E-state index contributed by atoms with van der Waals surface area (Å²) in [5, 5.41) is 3.48. The highest BCUT2D eigenvalue weighted by atomic mass is 15.0. The van der Waals surface area contributed by atoms with Gasteiger partial charge >= 0.3 is 0 Å². The molecule has 2 atom stereocenters. The van der Waals surface area contributed by atoms with Gasteiger partial charge in [-0.15, -0.1) is 0 Å². The average Bonchev–Trinajstić information content (AvgIpc) is 2.94. The van der Waals surface area contributed by atoms with Crippen LogP contribution < -0.4 is 5.32 Å². The first-order valence-electron chi connectivity index (χ1n) is 8.18. The average molecular weight is 277 g/mol. The number of hydrogen-bond donors (Lipinski definition) is 1. The summed E-state index contributed by atoms with van der Waals surface area (Å²) in [5.74, 6) is 3.00. The fourth-order valence-corrected chi connectivity index (χ4v) is 3.92. The summed E-state index contributed by atoms with van der Waals surface area (Å²) < 4.78 is 0. The molecule has 1 heteroatoms. The van der Waals surface area contributed by atoms with Gasteiger partial charge in [-0.3, -0.25) is 0 Å². The summed E-state index contributed by atoms with van der Waals surface area (Å²) in [6, 6.07) is 18.0. The van der Waals surface area contributed by atoms with Crippen molar-refractivity contribution in [2.75, 3.05) is 13.1 Å². The van der Waals surface area contributed by atoms with Gasteiger partial charge in [-0.25, -0.2) is 0 Å². The van der Waals surface area contributed by atoms with Crippen molar-refractivity contribution >= 4 is 0 Å². The highest BCUT2D eigenvalue weighted by Gasteiger charge is 2.51. The van der Waals surface area contributed by atoms with E-state index in [1.165, 1.54) is 48.2 Å². The van der Waals surface area contributed by atoms with Crippen LogP contribution in [0.5, 0.6) is 0 Å². The van der Waals surface area contributed by atoms with Crippen molar-refractivity contribution in [3.63, 3.8) is 0 Å². The van der Waals surface area contributed by atoms with E-state index in [4.69, 9.17) is 0 Å². The Bertz CT molecular complexity index is 601. The molecule has 1 heterocycles. The van der Waals surface area contributed by atoms with Crippen molar-refractivity contribution in [2.45, 2.75) is 19.8 Å². The van der Waals surface area contributed by atoms with Crippen LogP contribution >= 0.6 is 0 Å². The Balaban J connectivity index is 1.38. The van der Waals surface area contributed by atoms with Gasteiger partial charge in [0.2, 0.25) is 0 Å². The molecule has 1 saturated heterocycles. The van der Waals surface area contributed by atoms with Gasteiger partial charge < -0.3 is 5.32 Å². The molecule has 0 spiro atoms. The molecule has 1 nitrogen and oxygen atoms in total. The Morgan fingerprint density at radius 2 is 1.43 bits per heavy atom. The first kappa shape index (κ1) is 13.1. The molecule has 0 bridgehead atoms. The summed E-state index contributed by atoms with van der Waals surface area (Å²) >= 11 is 0. The van der Waals surface area contributed by atoms with E-state index < -0.39 is 0 Å². The zero-order valence-corrected chi connectivity index (χ0v) is 12.7. The smallest absolute Gasteiger partial charge is 0.00144 e. The lowest BCUT2D eigenvalue weighted by molar-refractivity contribution is 0.560. The van der Waals surface area contributed by atoms with Gasteiger partial charge in [0.15, 0.2) is 0 Å². The van der Waals surface area contributed by atoms with Crippen LogP contribution in [0.25, 0.3) is 11.1 Å². The van der Waals surface area contributed by atoms with E-state index in [2.05, 4.69) is 60.8 Å². The third-order valence-corrected chi connectivity index (χ3v) is 5.37. The predicted octanol–water partition coefficient (Wildman–Crippen LogP) is 4.06. The molecule has 1 N–H and O–H groups in total. The standard InChI is InChI=1S/C20H23N/c1-14-2-7-16(8-3-14)17-9-4-15(5-10-17)6-11-18-19-12-21-13-20(18)19/h2-5,7-10,18-21H,6,11-13H2,1H3. The molecule has 2 unspecified atom stereocenters. The third-order valence-electron chi connectivity index (χ3n) is 5.37. The van der Waals surface area contributed by atoms with Crippen molar-refractivity contribution in [3.8, 4) is 11.1 Å². The molecule has 2 aromatic rings. The van der Waals surface area contributed by atoms with E-state index in [0.717, 1.165) is 17.8 Å². The Morgan fingerprint density at radius 3 is 2.05 bits per heavy atom. The number of nitrogens with one attached hydrogen (secondary N) is 1. The van der Waals surface area contributed by atoms with Gasteiger partial charge in [-0.05, 0) is 67.3 Å². The highest BCUT2D eigenvalue weighted by molar-refractivity contribution is 5.63. The second-order valence-corrected chi connectivity index (χ2v) is 6.75. The molecule has 1 aliphatic heterocycles. The zero-order valence-electron chi connectivity index (χ0n) is 12.7. The minimum Gasteiger partial charge on any atom is -0.316 e. The molecular formula is C20H23N. The maximum absolute atomic E-state index is 3.48. The first-order valence-corrected chi connectivity index (χ1v) is 8.18. The van der Waals surface area contributed by atoms with Gasteiger partial charge in [0, 0.05) is 0 Å². The molecule has 2 fully saturated rings. The normalized spacial score (nSPS) is 26.6. The van der Waals surface area contributed by atoms with Gasteiger partial charge in [0.25, 0.3) is 0 Å². The number of benzene rings is 2. The number of aryl methyl sites for hydroxylation is 2. The number of rotatable bonds is 4. The molecule has 108 valence electrons. The fraction of sp³-hybridized carbons (Fsp3) is 0.400. The van der Waals surface area contributed by atoms with Gasteiger partial charge in [-0.2, -0.15) is 0 Å². The molecule has 4 rings (SSSR count). The Kier molecular flexibility index (Phi) is 3.31. The fourth-order valence-electron chi connectivity index (χ4n) is 3.92. The molecule has 21 heavy (non-hydrogen) atoms. The quantitative estimate of drug-likeness (QED) is 0.888. The van der Waals surface area contributed by atoms with E-state index >= 15 is 0 Å². The number of fused-ring (bicyclic) bond motifs is 1. The lowest BCUT2D eigenvalue weighted by atomic mass is 10.00. The van der Waals surface area contributed by atoms with Crippen LogP contribution in [0.4, 0.5) is 0 Å². The minimum absolute atomic E-state index is 0.997. The molecule has 0 amide bonds. The van der Waals surface area contributed by atoms with Crippen LogP contribution in [0.1, 0.15) is 17.5 Å². The number of hydrogen-bond acceptors (Lipinski definition) is 1. The molecule has 0 aromatic heterocycles. The SMILES string of the molecule is Cc1ccc(-c2ccc(CCC3C4CNCC34)cc2)cc1. The Morgan fingerprint density at radius 1 is 0.857 bits per heavy atom. The van der Waals surface area contributed by atoms with Crippen molar-refractivity contribution in [2.24, 2.45) is 17.8 Å². The Hall–Kier alpha value is -1.60. The van der Waals surface area contributed by atoms with E-state index in [1.54, 1.807) is 0 Å². The maximum atomic E-state index is 3.48. The third kappa shape index (κ3) is 2.63. The van der Waals surface area contributed by atoms with Crippen molar-refractivity contribution in [1.82, 2.24) is 5.32 Å². The van der Waals surface area contributed by atoms with Gasteiger partial charge in [0.05, 0.1) is 0 Å². The predicted molar refractivity (Wildman–Crippen MR) is 88.3 cm³/mol. The lowest BCUT2D eigenvalue weighted by Gasteiger charge is -2.07. The van der Waals surface area contributed by atoms with Crippen LogP contribution in [0.15, 0.2) is 48.5 Å². The van der Waals surface area contributed by atoms with E-state index in [9.17, 15) is 0 Å². The summed E-state index contributed by atoms with van der Waals surface area (Å²) in [5.41, 5.74) is 5.45. The van der Waals surface area contributed by atoms with Crippen molar-refractivity contribution in [1.29, 1.82) is 0 Å². The summed E-state index contributed by atoms with van der Waals surface area (Å²) in [7, 11) is 0. The largest absolute Gasteiger partial charge is 0.316 e. The van der Waals surface area contributed by atoms with E-state index in [1.807, 2.05) is 0 Å². The first-order chi connectivity index (χ1) is 10.3. The van der Waals surface area contributed by atoms with Crippen LogP contribution in [-0.2, 0) is 6.42 Å². The van der Waals surface area contributed by atoms with E-state index in [-0.39, 0.29) is 0 Å². The summed E-state index contributed by atoms with van der Waals surface area (Å²) in [6.45, 7) is 4.67. The minimum atomic E-state index is 0.997. The molecule has 2 aromatic carbocycles.